The number of thioether (sulfide) groups is 1. The van der Waals surface area contributed by atoms with Crippen LogP contribution in [-0.2, 0) is 16.1 Å². The van der Waals surface area contributed by atoms with E-state index < -0.39 is 0 Å². The number of para-hydroxylation sites is 2. The first-order chi connectivity index (χ1) is 13.1. The number of nitrogens with one attached hydrogen (secondary N) is 1. The number of halogens is 1. The van der Waals surface area contributed by atoms with Crippen molar-refractivity contribution >= 4 is 40.3 Å². The first-order valence-electron chi connectivity index (χ1n) is 8.71. The number of rotatable bonds is 8. The fourth-order valence-electron chi connectivity index (χ4n) is 2.88. The Morgan fingerprint density at radius 1 is 1.26 bits per heavy atom. The van der Waals surface area contributed by atoms with Crippen molar-refractivity contribution in [3.63, 3.8) is 0 Å². The standard InChI is InChI=1S/C20H22ClN3O2S/c1-14(15-7-3-4-8-16(15)21)22-19(25)13-27-20-23-17-9-5-6-10-18(17)24(20)11-12-26-2/h3-10,14H,11-13H2,1-2H3,(H,22,25). The van der Waals surface area contributed by atoms with E-state index in [-0.39, 0.29) is 17.7 Å². The van der Waals surface area contributed by atoms with Gasteiger partial charge in [0, 0.05) is 18.7 Å². The molecule has 1 unspecified atom stereocenters. The quantitative estimate of drug-likeness (QED) is 0.569. The summed E-state index contributed by atoms with van der Waals surface area (Å²) in [4.78, 5) is 17.1. The maximum atomic E-state index is 12.4. The van der Waals surface area contributed by atoms with Gasteiger partial charge in [-0.05, 0) is 30.7 Å². The number of amides is 1. The van der Waals surface area contributed by atoms with E-state index in [2.05, 4.69) is 14.9 Å². The minimum Gasteiger partial charge on any atom is -0.383 e. The second kappa shape index (κ2) is 9.26. The molecule has 0 bridgehead atoms. The van der Waals surface area contributed by atoms with Crippen LogP contribution >= 0.6 is 23.4 Å². The topological polar surface area (TPSA) is 56.1 Å². The zero-order valence-corrected chi connectivity index (χ0v) is 16.9. The molecule has 5 nitrogen and oxygen atoms in total. The van der Waals surface area contributed by atoms with Gasteiger partial charge >= 0.3 is 0 Å². The summed E-state index contributed by atoms with van der Waals surface area (Å²) in [7, 11) is 1.68. The van der Waals surface area contributed by atoms with Gasteiger partial charge in [0.15, 0.2) is 5.16 Å². The summed E-state index contributed by atoms with van der Waals surface area (Å²) in [5.74, 6) is 0.225. The molecule has 27 heavy (non-hydrogen) atoms. The number of hydrogen-bond donors (Lipinski definition) is 1. The molecular weight excluding hydrogens is 382 g/mol. The lowest BCUT2D eigenvalue weighted by atomic mass is 10.1. The van der Waals surface area contributed by atoms with Gasteiger partial charge in [-0.3, -0.25) is 4.79 Å². The molecule has 7 heteroatoms. The largest absolute Gasteiger partial charge is 0.383 e. The van der Waals surface area contributed by atoms with Gasteiger partial charge in [0.25, 0.3) is 0 Å². The number of ether oxygens (including phenoxy) is 1. The molecule has 3 rings (SSSR count). The number of aromatic nitrogens is 2. The van der Waals surface area contributed by atoms with Crippen molar-refractivity contribution < 1.29 is 9.53 Å². The van der Waals surface area contributed by atoms with Gasteiger partial charge in [-0.25, -0.2) is 4.98 Å². The summed E-state index contributed by atoms with van der Waals surface area (Å²) in [5, 5.41) is 4.46. The summed E-state index contributed by atoms with van der Waals surface area (Å²) in [5.41, 5.74) is 2.87. The monoisotopic (exact) mass is 403 g/mol. The van der Waals surface area contributed by atoms with Crippen LogP contribution in [0, 0.1) is 0 Å². The molecule has 1 aromatic heterocycles. The van der Waals surface area contributed by atoms with Crippen LogP contribution in [-0.4, -0.2) is 34.9 Å². The SMILES string of the molecule is COCCn1c(SCC(=O)NC(C)c2ccccc2Cl)nc2ccccc21. The highest BCUT2D eigenvalue weighted by molar-refractivity contribution is 7.99. The Morgan fingerprint density at radius 2 is 2.00 bits per heavy atom. The summed E-state index contributed by atoms with van der Waals surface area (Å²) < 4.78 is 7.30. The fourth-order valence-corrected chi connectivity index (χ4v) is 4.03. The maximum absolute atomic E-state index is 12.4. The summed E-state index contributed by atoms with van der Waals surface area (Å²) >= 11 is 7.63. The number of fused-ring (bicyclic) bond motifs is 1. The molecule has 1 heterocycles. The minimum atomic E-state index is -0.154. The molecule has 0 aliphatic rings. The van der Waals surface area contributed by atoms with Gasteiger partial charge in [0.2, 0.25) is 5.91 Å². The summed E-state index contributed by atoms with van der Waals surface area (Å²) in [6.07, 6.45) is 0. The number of carbonyl (C=O) groups excluding carboxylic acids is 1. The average Bonchev–Trinajstić information content (AvgIpc) is 3.02. The van der Waals surface area contributed by atoms with Crippen LogP contribution in [0.15, 0.2) is 53.7 Å². The van der Waals surface area contributed by atoms with Crippen molar-refractivity contribution in [3.05, 3.63) is 59.1 Å². The molecule has 1 atom stereocenters. The predicted octanol–water partition coefficient (Wildman–Crippen LogP) is 4.31. The average molecular weight is 404 g/mol. The zero-order chi connectivity index (χ0) is 19.2. The highest BCUT2D eigenvalue weighted by atomic mass is 35.5. The van der Waals surface area contributed by atoms with Gasteiger partial charge in [-0.1, -0.05) is 53.7 Å². The minimum absolute atomic E-state index is 0.0576. The molecule has 0 aliphatic heterocycles. The van der Waals surface area contributed by atoms with E-state index in [1.54, 1.807) is 7.11 Å². The van der Waals surface area contributed by atoms with Gasteiger partial charge in [0.1, 0.15) is 0 Å². The Kier molecular flexibility index (Phi) is 6.77. The van der Waals surface area contributed by atoms with Crippen LogP contribution < -0.4 is 5.32 Å². The smallest absolute Gasteiger partial charge is 0.230 e. The highest BCUT2D eigenvalue weighted by Gasteiger charge is 2.15. The first kappa shape index (κ1) is 19.7. The van der Waals surface area contributed by atoms with Crippen LogP contribution in [0.4, 0.5) is 0 Å². The number of imidazole rings is 1. The van der Waals surface area contributed by atoms with E-state index in [0.717, 1.165) is 21.8 Å². The second-order valence-electron chi connectivity index (χ2n) is 6.13. The van der Waals surface area contributed by atoms with Crippen LogP contribution in [0.25, 0.3) is 11.0 Å². The Hall–Kier alpha value is -2.02. The van der Waals surface area contributed by atoms with Crippen molar-refractivity contribution in [2.24, 2.45) is 0 Å². The third-order valence-electron chi connectivity index (χ3n) is 4.22. The van der Waals surface area contributed by atoms with Gasteiger partial charge in [0.05, 0.1) is 29.4 Å². The molecule has 0 saturated carbocycles. The maximum Gasteiger partial charge on any atom is 0.230 e. The number of carbonyl (C=O) groups is 1. The molecule has 0 radical (unpaired) electrons. The fraction of sp³-hybridized carbons (Fsp3) is 0.300. The first-order valence-corrected chi connectivity index (χ1v) is 10.1. The zero-order valence-electron chi connectivity index (χ0n) is 15.3. The van der Waals surface area contributed by atoms with Crippen LogP contribution in [0.2, 0.25) is 5.02 Å². The predicted molar refractivity (Wildman–Crippen MR) is 110 cm³/mol. The summed E-state index contributed by atoms with van der Waals surface area (Å²) in [6.45, 7) is 3.21. The second-order valence-corrected chi connectivity index (χ2v) is 7.48. The van der Waals surface area contributed by atoms with Crippen LogP contribution in [0.1, 0.15) is 18.5 Å². The lowest BCUT2D eigenvalue weighted by Crippen LogP contribution is -2.28. The number of benzene rings is 2. The normalized spacial score (nSPS) is 12.3. The molecule has 0 spiro atoms. The summed E-state index contributed by atoms with van der Waals surface area (Å²) in [6, 6.07) is 15.3. The molecule has 3 aromatic rings. The van der Waals surface area contributed by atoms with E-state index in [1.807, 2.05) is 55.5 Å². The number of nitrogens with zero attached hydrogens (tertiary/aromatic N) is 2. The van der Waals surface area contributed by atoms with Crippen molar-refractivity contribution in [1.29, 1.82) is 0 Å². The molecule has 0 aliphatic carbocycles. The van der Waals surface area contributed by atoms with Gasteiger partial charge in [-0.15, -0.1) is 0 Å². The Bertz CT molecular complexity index is 928. The van der Waals surface area contributed by atoms with Gasteiger partial charge < -0.3 is 14.6 Å². The number of methoxy groups -OCH3 is 1. The van der Waals surface area contributed by atoms with E-state index in [4.69, 9.17) is 16.3 Å². The molecular formula is C20H22ClN3O2S. The van der Waals surface area contributed by atoms with Crippen LogP contribution in [0.3, 0.4) is 0 Å². The van der Waals surface area contributed by atoms with E-state index >= 15 is 0 Å². The third kappa shape index (κ3) is 4.83. The molecule has 1 N–H and O–H groups in total. The van der Waals surface area contributed by atoms with Gasteiger partial charge in [-0.2, -0.15) is 0 Å². The Morgan fingerprint density at radius 3 is 2.78 bits per heavy atom. The molecule has 142 valence electrons. The van der Waals surface area contributed by atoms with E-state index in [1.165, 1.54) is 11.8 Å². The van der Waals surface area contributed by atoms with Crippen molar-refractivity contribution in [1.82, 2.24) is 14.9 Å². The van der Waals surface area contributed by atoms with E-state index in [9.17, 15) is 4.79 Å². The van der Waals surface area contributed by atoms with Crippen molar-refractivity contribution in [2.75, 3.05) is 19.5 Å². The van der Waals surface area contributed by atoms with Crippen molar-refractivity contribution in [2.45, 2.75) is 24.7 Å². The molecule has 1 amide bonds. The Balaban J connectivity index is 1.67. The molecule has 0 saturated heterocycles. The van der Waals surface area contributed by atoms with Crippen LogP contribution in [0.5, 0.6) is 0 Å². The third-order valence-corrected chi connectivity index (χ3v) is 5.54. The lowest BCUT2D eigenvalue weighted by molar-refractivity contribution is -0.119. The van der Waals surface area contributed by atoms with E-state index in [0.29, 0.717) is 18.2 Å². The highest BCUT2D eigenvalue weighted by Crippen LogP contribution is 2.25. The number of hydrogen-bond acceptors (Lipinski definition) is 4. The lowest BCUT2D eigenvalue weighted by Gasteiger charge is -2.15. The molecule has 2 aromatic carbocycles. The van der Waals surface area contributed by atoms with Crippen molar-refractivity contribution in [3.8, 4) is 0 Å². The Labute approximate surface area is 168 Å². The molecule has 0 fully saturated rings.